The molecule has 1 rings (SSSR count). The van der Waals surface area contributed by atoms with E-state index in [9.17, 15) is 0 Å². The van der Waals surface area contributed by atoms with Gasteiger partial charge in [-0.15, -0.1) is 0 Å². The van der Waals surface area contributed by atoms with Gasteiger partial charge < -0.3 is 0 Å². The van der Waals surface area contributed by atoms with Crippen LogP contribution in [0.5, 0.6) is 0 Å². The first-order valence-electron chi connectivity index (χ1n) is 3.49. The molecule has 0 nitrogen and oxygen atoms in total. The molecule has 0 bridgehead atoms. The van der Waals surface area contributed by atoms with Crippen molar-refractivity contribution in [2.24, 2.45) is 0 Å². The molecule has 0 N–H and O–H groups in total. The third kappa shape index (κ3) is 2.14. The fourth-order valence-corrected chi connectivity index (χ4v) is 1.31. The molecule has 53 valence electrons. The molecule has 0 saturated heterocycles. The number of benzene rings is 1. The van der Waals surface area contributed by atoms with Crippen LogP contribution in [0.3, 0.4) is 0 Å². The van der Waals surface area contributed by atoms with Crippen LogP contribution < -0.4 is 0 Å². The lowest BCUT2D eigenvalue weighted by atomic mass is 10.1. The summed E-state index contributed by atoms with van der Waals surface area (Å²) in [5, 5.41) is 0. The summed E-state index contributed by atoms with van der Waals surface area (Å²) < 4.78 is 1.05. The summed E-state index contributed by atoms with van der Waals surface area (Å²) in [6, 6.07) is 9.38. The molecule has 0 aliphatic carbocycles. The van der Waals surface area contributed by atoms with E-state index in [1.807, 2.05) is 12.1 Å². The maximum absolute atomic E-state index is 3.38. The smallest absolute Gasteiger partial charge is 0.0257 e. The summed E-state index contributed by atoms with van der Waals surface area (Å²) in [6.45, 7) is 2.18. The Balaban J connectivity index is 2.75. The van der Waals surface area contributed by atoms with E-state index < -0.39 is 0 Å². The van der Waals surface area contributed by atoms with Crippen LogP contribution in [0.15, 0.2) is 22.7 Å². The summed E-state index contributed by atoms with van der Waals surface area (Å²) in [5.41, 5.74) is 1.29. The number of hydrogen-bond acceptors (Lipinski definition) is 0. The maximum Gasteiger partial charge on any atom is 0.0257 e. The highest BCUT2D eigenvalue weighted by Gasteiger charge is 1.90. The predicted octanol–water partition coefficient (Wildman–Crippen LogP) is 3.20. The Kier molecular flexibility index (Phi) is 2.94. The molecule has 0 saturated carbocycles. The van der Waals surface area contributed by atoms with Crippen molar-refractivity contribution in [3.63, 3.8) is 0 Å². The van der Waals surface area contributed by atoms with Crippen molar-refractivity contribution in [2.75, 3.05) is 0 Å². The minimum Gasteiger partial charge on any atom is -0.0651 e. The van der Waals surface area contributed by atoms with Gasteiger partial charge in [-0.1, -0.05) is 41.4 Å². The Labute approximate surface area is 70.4 Å². The lowest BCUT2D eigenvalue weighted by Gasteiger charge is -1.96. The Morgan fingerprint density at radius 2 is 2.30 bits per heavy atom. The van der Waals surface area contributed by atoms with Gasteiger partial charge in [0.1, 0.15) is 0 Å². The standard InChI is InChI=1S/C9H10Br/c1-2-4-8-5-3-6-9(10)7-8/h3,5-6H,2,4H2,1H3. The zero-order chi connectivity index (χ0) is 7.40. The van der Waals surface area contributed by atoms with Gasteiger partial charge in [-0.25, -0.2) is 0 Å². The van der Waals surface area contributed by atoms with Crippen molar-refractivity contribution in [3.8, 4) is 0 Å². The molecule has 1 heteroatoms. The van der Waals surface area contributed by atoms with Gasteiger partial charge in [0.2, 0.25) is 0 Å². The minimum absolute atomic E-state index is 1.05. The second-order valence-corrected chi connectivity index (χ2v) is 3.13. The van der Waals surface area contributed by atoms with Gasteiger partial charge in [-0.05, 0) is 18.1 Å². The maximum atomic E-state index is 3.38. The van der Waals surface area contributed by atoms with E-state index in [1.165, 1.54) is 12.0 Å². The van der Waals surface area contributed by atoms with Gasteiger partial charge in [0.05, 0.1) is 0 Å². The zero-order valence-electron chi connectivity index (χ0n) is 6.02. The Morgan fingerprint density at radius 3 is 2.90 bits per heavy atom. The Morgan fingerprint density at radius 1 is 1.50 bits per heavy atom. The van der Waals surface area contributed by atoms with E-state index >= 15 is 0 Å². The van der Waals surface area contributed by atoms with E-state index in [0.717, 1.165) is 10.9 Å². The largest absolute Gasteiger partial charge is 0.0651 e. The second-order valence-electron chi connectivity index (χ2n) is 2.27. The highest BCUT2D eigenvalue weighted by molar-refractivity contribution is 9.10. The molecule has 0 amide bonds. The topological polar surface area (TPSA) is 0 Å². The summed E-state index contributed by atoms with van der Waals surface area (Å²) >= 11 is 3.38. The molecule has 0 aliphatic rings. The van der Waals surface area contributed by atoms with Gasteiger partial charge in [0.15, 0.2) is 0 Å². The third-order valence-corrected chi connectivity index (χ3v) is 1.80. The van der Waals surface area contributed by atoms with E-state index in [2.05, 4.69) is 35.0 Å². The van der Waals surface area contributed by atoms with E-state index in [4.69, 9.17) is 0 Å². The van der Waals surface area contributed by atoms with Crippen LogP contribution in [0.1, 0.15) is 18.9 Å². The molecule has 1 radical (unpaired) electrons. The van der Waals surface area contributed by atoms with Crippen LogP contribution in [0, 0.1) is 6.07 Å². The summed E-state index contributed by atoms with van der Waals surface area (Å²) in [7, 11) is 0. The quantitative estimate of drug-likeness (QED) is 0.684. The average molecular weight is 198 g/mol. The van der Waals surface area contributed by atoms with E-state index in [0.29, 0.717) is 0 Å². The van der Waals surface area contributed by atoms with E-state index in [1.54, 1.807) is 0 Å². The molecule has 0 heterocycles. The Hall–Kier alpha value is -0.300. The number of aryl methyl sites for hydroxylation is 1. The Bertz CT molecular complexity index is 206. The third-order valence-electron chi connectivity index (χ3n) is 1.34. The molecule has 0 unspecified atom stereocenters. The van der Waals surface area contributed by atoms with Crippen molar-refractivity contribution in [3.05, 3.63) is 34.3 Å². The van der Waals surface area contributed by atoms with Crippen molar-refractivity contribution in [1.29, 1.82) is 0 Å². The van der Waals surface area contributed by atoms with Crippen molar-refractivity contribution in [2.45, 2.75) is 19.8 Å². The minimum atomic E-state index is 1.05. The average Bonchev–Trinajstić information content (AvgIpc) is 1.88. The van der Waals surface area contributed by atoms with Crippen LogP contribution in [0.2, 0.25) is 0 Å². The summed E-state index contributed by atoms with van der Waals surface area (Å²) in [6.07, 6.45) is 2.31. The van der Waals surface area contributed by atoms with Gasteiger partial charge in [-0.2, -0.15) is 0 Å². The van der Waals surface area contributed by atoms with Crippen LogP contribution in [-0.2, 0) is 6.42 Å². The first-order valence-corrected chi connectivity index (χ1v) is 4.29. The number of rotatable bonds is 2. The lowest BCUT2D eigenvalue weighted by Crippen LogP contribution is -1.81. The lowest BCUT2D eigenvalue weighted by molar-refractivity contribution is 0.919. The van der Waals surface area contributed by atoms with Crippen molar-refractivity contribution < 1.29 is 0 Å². The van der Waals surface area contributed by atoms with Crippen LogP contribution >= 0.6 is 15.9 Å². The molecule has 0 atom stereocenters. The summed E-state index contributed by atoms with van der Waals surface area (Å²) in [5.74, 6) is 0. The number of hydrogen-bond donors (Lipinski definition) is 0. The van der Waals surface area contributed by atoms with Crippen molar-refractivity contribution in [1.82, 2.24) is 0 Å². The molecule has 10 heavy (non-hydrogen) atoms. The normalized spacial score (nSPS) is 9.80. The fraction of sp³-hybridized carbons (Fsp3) is 0.333. The van der Waals surface area contributed by atoms with Crippen LogP contribution in [0.4, 0.5) is 0 Å². The molecule has 1 aromatic carbocycles. The first-order chi connectivity index (χ1) is 4.83. The molecular formula is C9H10Br. The highest BCUT2D eigenvalue weighted by Crippen LogP contribution is 2.11. The highest BCUT2D eigenvalue weighted by atomic mass is 79.9. The molecule has 0 aliphatic heterocycles. The molecule has 0 spiro atoms. The molecule has 0 fully saturated rings. The monoisotopic (exact) mass is 197 g/mol. The fourth-order valence-electron chi connectivity index (χ4n) is 0.901. The van der Waals surface area contributed by atoms with Crippen molar-refractivity contribution >= 4 is 15.9 Å². The number of halogens is 1. The SMILES string of the molecule is CCCc1[c]c(Br)ccc1. The molecule has 1 aromatic rings. The summed E-state index contributed by atoms with van der Waals surface area (Å²) in [4.78, 5) is 0. The van der Waals surface area contributed by atoms with Gasteiger partial charge in [-0.3, -0.25) is 0 Å². The van der Waals surface area contributed by atoms with Crippen LogP contribution in [0.25, 0.3) is 0 Å². The van der Waals surface area contributed by atoms with Gasteiger partial charge >= 0.3 is 0 Å². The van der Waals surface area contributed by atoms with Crippen LogP contribution in [-0.4, -0.2) is 0 Å². The molecular weight excluding hydrogens is 188 g/mol. The van der Waals surface area contributed by atoms with Gasteiger partial charge in [0.25, 0.3) is 0 Å². The first kappa shape index (κ1) is 7.80. The van der Waals surface area contributed by atoms with E-state index in [-0.39, 0.29) is 0 Å². The second kappa shape index (κ2) is 3.77. The van der Waals surface area contributed by atoms with Gasteiger partial charge in [0, 0.05) is 10.5 Å². The molecule has 0 aromatic heterocycles. The predicted molar refractivity (Wildman–Crippen MR) is 47.0 cm³/mol. The zero-order valence-corrected chi connectivity index (χ0v) is 7.61.